The monoisotopic (exact) mass is 275 g/mol. The Morgan fingerprint density at radius 1 is 1.30 bits per heavy atom. The minimum absolute atomic E-state index is 0.0713. The molecule has 6 nitrogen and oxygen atoms in total. The van der Waals surface area contributed by atoms with Crippen molar-refractivity contribution in [2.75, 3.05) is 6.61 Å². The SMILES string of the molecule is Cc1n[nH]c(C)c1CCCOc1ccc([N+](=O)[O-])cc1. The number of rotatable bonds is 6. The van der Waals surface area contributed by atoms with E-state index in [1.807, 2.05) is 13.8 Å². The van der Waals surface area contributed by atoms with Crippen molar-refractivity contribution in [3.05, 3.63) is 51.3 Å². The number of H-pyrrole nitrogens is 1. The lowest BCUT2D eigenvalue weighted by Crippen LogP contribution is -2.00. The van der Waals surface area contributed by atoms with E-state index in [-0.39, 0.29) is 5.69 Å². The summed E-state index contributed by atoms with van der Waals surface area (Å²) in [6, 6.07) is 6.12. The quantitative estimate of drug-likeness (QED) is 0.499. The molecule has 106 valence electrons. The fourth-order valence-electron chi connectivity index (χ4n) is 2.05. The number of nitro benzene ring substituents is 1. The number of hydrogen-bond acceptors (Lipinski definition) is 4. The fraction of sp³-hybridized carbons (Fsp3) is 0.357. The van der Waals surface area contributed by atoms with Gasteiger partial charge in [0.1, 0.15) is 5.75 Å². The largest absolute Gasteiger partial charge is 0.494 e. The van der Waals surface area contributed by atoms with Gasteiger partial charge in [0.15, 0.2) is 0 Å². The van der Waals surface area contributed by atoms with E-state index in [0.29, 0.717) is 12.4 Å². The van der Waals surface area contributed by atoms with Gasteiger partial charge < -0.3 is 4.74 Å². The zero-order chi connectivity index (χ0) is 14.5. The molecule has 1 heterocycles. The summed E-state index contributed by atoms with van der Waals surface area (Å²) in [7, 11) is 0. The first-order chi connectivity index (χ1) is 9.58. The first kappa shape index (κ1) is 14.0. The molecule has 0 fully saturated rings. The van der Waals surface area contributed by atoms with Crippen molar-refractivity contribution in [2.24, 2.45) is 0 Å². The molecule has 0 aliphatic rings. The lowest BCUT2D eigenvalue weighted by Gasteiger charge is -2.06. The maximum atomic E-state index is 10.5. The van der Waals surface area contributed by atoms with Gasteiger partial charge in [-0.05, 0) is 44.4 Å². The maximum Gasteiger partial charge on any atom is 0.269 e. The molecule has 6 heteroatoms. The first-order valence-corrected chi connectivity index (χ1v) is 6.45. The highest BCUT2D eigenvalue weighted by molar-refractivity contribution is 5.35. The number of aryl methyl sites for hydroxylation is 2. The van der Waals surface area contributed by atoms with E-state index < -0.39 is 4.92 Å². The van der Waals surface area contributed by atoms with Crippen LogP contribution in [0.15, 0.2) is 24.3 Å². The molecular formula is C14H17N3O3. The minimum Gasteiger partial charge on any atom is -0.494 e. The standard InChI is InChI=1S/C14H17N3O3/c1-10-14(11(2)16-15-10)4-3-9-20-13-7-5-12(6-8-13)17(18)19/h5-8H,3-4,9H2,1-2H3,(H,15,16). The second kappa shape index (κ2) is 6.18. The van der Waals surface area contributed by atoms with Crippen LogP contribution in [-0.4, -0.2) is 21.7 Å². The summed E-state index contributed by atoms with van der Waals surface area (Å²) in [5, 5.41) is 17.6. The van der Waals surface area contributed by atoms with Crippen molar-refractivity contribution in [1.82, 2.24) is 10.2 Å². The number of aromatic nitrogens is 2. The number of nitrogens with zero attached hydrogens (tertiary/aromatic N) is 2. The van der Waals surface area contributed by atoms with Crippen LogP contribution in [0.5, 0.6) is 5.75 Å². The van der Waals surface area contributed by atoms with Crippen LogP contribution in [0.4, 0.5) is 5.69 Å². The third-order valence-corrected chi connectivity index (χ3v) is 3.17. The zero-order valence-electron chi connectivity index (χ0n) is 11.5. The number of nitro groups is 1. The second-order valence-corrected chi connectivity index (χ2v) is 4.62. The summed E-state index contributed by atoms with van der Waals surface area (Å²) in [5.41, 5.74) is 3.43. The Labute approximate surface area is 116 Å². The number of hydrogen-bond donors (Lipinski definition) is 1. The van der Waals surface area contributed by atoms with Crippen LogP contribution in [0, 0.1) is 24.0 Å². The van der Waals surface area contributed by atoms with E-state index in [2.05, 4.69) is 10.2 Å². The predicted octanol–water partition coefficient (Wildman–Crippen LogP) is 2.95. The third kappa shape index (κ3) is 3.34. The summed E-state index contributed by atoms with van der Waals surface area (Å²) < 4.78 is 5.57. The molecule has 1 aromatic heterocycles. The van der Waals surface area contributed by atoms with E-state index in [4.69, 9.17) is 4.74 Å². The van der Waals surface area contributed by atoms with Crippen LogP contribution in [0.2, 0.25) is 0 Å². The number of non-ortho nitro benzene ring substituents is 1. The summed E-state index contributed by atoms with van der Waals surface area (Å²) in [4.78, 5) is 10.1. The van der Waals surface area contributed by atoms with Crippen molar-refractivity contribution >= 4 is 5.69 Å². The molecule has 0 aliphatic carbocycles. The van der Waals surface area contributed by atoms with Crippen molar-refractivity contribution < 1.29 is 9.66 Å². The molecule has 0 aliphatic heterocycles. The van der Waals surface area contributed by atoms with E-state index in [0.717, 1.165) is 24.2 Å². The smallest absolute Gasteiger partial charge is 0.269 e. The average molecular weight is 275 g/mol. The first-order valence-electron chi connectivity index (χ1n) is 6.45. The number of ether oxygens (including phenoxy) is 1. The van der Waals surface area contributed by atoms with Gasteiger partial charge >= 0.3 is 0 Å². The third-order valence-electron chi connectivity index (χ3n) is 3.17. The van der Waals surface area contributed by atoms with Gasteiger partial charge in [0.2, 0.25) is 0 Å². The van der Waals surface area contributed by atoms with Crippen LogP contribution in [0.1, 0.15) is 23.4 Å². The van der Waals surface area contributed by atoms with Gasteiger partial charge in [0.05, 0.1) is 17.2 Å². The number of aromatic amines is 1. The van der Waals surface area contributed by atoms with Gasteiger partial charge in [0, 0.05) is 17.8 Å². The average Bonchev–Trinajstić information content (AvgIpc) is 2.75. The second-order valence-electron chi connectivity index (χ2n) is 4.62. The highest BCUT2D eigenvalue weighted by Gasteiger charge is 2.06. The molecule has 0 atom stereocenters. The minimum atomic E-state index is -0.422. The molecule has 0 unspecified atom stereocenters. The van der Waals surface area contributed by atoms with Gasteiger partial charge in [-0.2, -0.15) is 5.10 Å². The van der Waals surface area contributed by atoms with Crippen LogP contribution in [0.25, 0.3) is 0 Å². The molecule has 20 heavy (non-hydrogen) atoms. The summed E-state index contributed by atoms with van der Waals surface area (Å²) in [6.07, 6.45) is 1.78. The highest BCUT2D eigenvalue weighted by atomic mass is 16.6. The molecule has 0 radical (unpaired) electrons. The summed E-state index contributed by atoms with van der Waals surface area (Å²) in [6.45, 7) is 4.56. The van der Waals surface area contributed by atoms with Gasteiger partial charge in [0.25, 0.3) is 5.69 Å². The van der Waals surface area contributed by atoms with Gasteiger partial charge in [-0.1, -0.05) is 0 Å². The Kier molecular flexibility index (Phi) is 4.34. The Morgan fingerprint density at radius 3 is 2.55 bits per heavy atom. The van der Waals surface area contributed by atoms with Crippen molar-refractivity contribution in [3.63, 3.8) is 0 Å². The lowest BCUT2D eigenvalue weighted by atomic mass is 10.1. The van der Waals surface area contributed by atoms with Crippen LogP contribution in [-0.2, 0) is 6.42 Å². The molecule has 1 N–H and O–H groups in total. The van der Waals surface area contributed by atoms with Crippen molar-refractivity contribution in [1.29, 1.82) is 0 Å². The molecule has 0 saturated carbocycles. The topological polar surface area (TPSA) is 81.0 Å². The molecule has 0 amide bonds. The zero-order valence-corrected chi connectivity index (χ0v) is 11.5. The van der Waals surface area contributed by atoms with Crippen LogP contribution >= 0.6 is 0 Å². The molecule has 1 aromatic carbocycles. The van der Waals surface area contributed by atoms with Crippen LogP contribution < -0.4 is 4.74 Å². The van der Waals surface area contributed by atoms with Crippen molar-refractivity contribution in [3.8, 4) is 5.75 Å². The van der Waals surface area contributed by atoms with Crippen LogP contribution in [0.3, 0.4) is 0 Å². The Hall–Kier alpha value is -2.37. The number of nitrogens with one attached hydrogen (secondary N) is 1. The van der Waals surface area contributed by atoms with E-state index in [9.17, 15) is 10.1 Å². The normalized spacial score (nSPS) is 10.5. The van der Waals surface area contributed by atoms with Gasteiger partial charge in [-0.3, -0.25) is 15.2 Å². The van der Waals surface area contributed by atoms with E-state index in [1.165, 1.54) is 17.7 Å². The maximum absolute atomic E-state index is 10.5. The Morgan fingerprint density at radius 2 is 2.00 bits per heavy atom. The fourth-order valence-corrected chi connectivity index (χ4v) is 2.05. The van der Waals surface area contributed by atoms with Crippen molar-refractivity contribution in [2.45, 2.75) is 26.7 Å². The molecule has 2 aromatic rings. The molecular weight excluding hydrogens is 258 g/mol. The summed E-state index contributed by atoms with van der Waals surface area (Å²) in [5.74, 6) is 0.649. The summed E-state index contributed by atoms with van der Waals surface area (Å²) >= 11 is 0. The van der Waals surface area contributed by atoms with Gasteiger partial charge in [-0.25, -0.2) is 0 Å². The Balaban J connectivity index is 1.80. The lowest BCUT2D eigenvalue weighted by molar-refractivity contribution is -0.384. The molecule has 0 bridgehead atoms. The van der Waals surface area contributed by atoms with Gasteiger partial charge in [-0.15, -0.1) is 0 Å². The highest BCUT2D eigenvalue weighted by Crippen LogP contribution is 2.18. The van der Waals surface area contributed by atoms with E-state index in [1.54, 1.807) is 12.1 Å². The molecule has 0 spiro atoms. The van der Waals surface area contributed by atoms with E-state index >= 15 is 0 Å². The predicted molar refractivity (Wildman–Crippen MR) is 75.0 cm³/mol. The molecule has 0 saturated heterocycles. The molecule has 2 rings (SSSR count). The number of benzene rings is 1. The Bertz CT molecular complexity index is 571.